The third-order valence-electron chi connectivity index (χ3n) is 7.42. The average molecular weight is 560 g/mol. The standard InChI is InChI=1S/C29H29N5O5S/c1-18-23-4-3-9-34(28(23)31-16-25(18)38-2)27-8-7-20-14-30-22(13-24(20)33-27)15-32-29(35)19-5-6-21-17-39-10-11-40(36,37)26(21)12-19/h5-8,12-14,16H,3-4,9-11,15,17H2,1-2H3,(H,32,35). The second kappa shape index (κ2) is 10.5. The number of carbonyl (C=O) groups is 1. The molecule has 4 aromatic rings. The quantitative estimate of drug-likeness (QED) is 0.390. The molecule has 1 N–H and O–H groups in total. The van der Waals surface area contributed by atoms with Gasteiger partial charge in [-0.1, -0.05) is 6.07 Å². The normalized spacial score (nSPS) is 16.1. The number of rotatable bonds is 5. The largest absolute Gasteiger partial charge is 0.495 e. The Morgan fingerprint density at radius 2 is 2.02 bits per heavy atom. The fourth-order valence-electron chi connectivity index (χ4n) is 5.22. The van der Waals surface area contributed by atoms with Gasteiger partial charge in [0.25, 0.3) is 5.91 Å². The Balaban J connectivity index is 1.22. The minimum Gasteiger partial charge on any atom is -0.495 e. The Hall–Kier alpha value is -4.09. The van der Waals surface area contributed by atoms with E-state index in [0.29, 0.717) is 11.3 Å². The molecular weight excluding hydrogens is 530 g/mol. The number of fused-ring (bicyclic) bond motifs is 3. The van der Waals surface area contributed by atoms with E-state index >= 15 is 0 Å². The molecule has 0 radical (unpaired) electrons. The molecular formula is C29H29N5O5S. The molecule has 0 aliphatic carbocycles. The lowest BCUT2D eigenvalue weighted by Gasteiger charge is -2.30. The van der Waals surface area contributed by atoms with Gasteiger partial charge in [0.2, 0.25) is 0 Å². The van der Waals surface area contributed by atoms with Gasteiger partial charge < -0.3 is 19.7 Å². The van der Waals surface area contributed by atoms with Crippen LogP contribution >= 0.6 is 0 Å². The van der Waals surface area contributed by atoms with Crippen LogP contribution in [0.2, 0.25) is 0 Å². The van der Waals surface area contributed by atoms with Gasteiger partial charge in [-0.05, 0) is 61.2 Å². The molecule has 0 saturated heterocycles. The number of carbonyl (C=O) groups excluding carboxylic acids is 1. The van der Waals surface area contributed by atoms with Gasteiger partial charge in [-0.3, -0.25) is 9.78 Å². The van der Waals surface area contributed by atoms with Crippen LogP contribution in [0, 0.1) is 6.92 Å². The van der Waals surface area contributed by atoms with Crippen molar-refractivity contribution in [3.8, 4) is 5.75 Å². The van der Waals surface area contributed by atoms with Crippen LogP contribution in [0.1, 0.15) is 39.2 Å². The summed E-state index contributed by atoms with van der Waals surface area (Å²) in [6, 6.07) is 10.5. The van der Waals surface area contributed by atoms with Crippen LogP contribution in [0.4, 0.5) is 11.6 Å². The Morgan fingerprint density at radius 3 is 2.88 bits per heavy atom. The van der Waals surface area contributed by atoms with Gasteiger partial charge in [-0.2, -0.15) is 0 Å². The first-order valence-corrected chi connectivity index (χ1v) is 14.8. The number of benzene rings is 1. The van der Waals surface area contributed by atoms with E-state index in [1.54, 1.807) is 31.6 Å². The molecule has 0 fully saturated rings. The van der Waals surface area contributed by atoms with Gasteiger partial charge in [0.15, 0.2) is 9.84 Å². The Morgan fingerprint density at radius 1 is 1.15 bits per heavy atom. The van der Waals surface area contributed by atoms with Crippen LogP contribution in [0.3, 0.4) is 0 Å². The van der Waals surface area contributed by atoms with Crippen molar-refractivity contribution in [2.45, 2.75) is 37.8 Å². The summed E-state index contributed by atoms with van der Waals surface area (Å²) in [5, 5.41) is 3.73. The van der Waals surface area contributed by atoms with Gasteiger partial charge in [0.1, 0.15) is 17.4 Å². The molecule has 10 nitrogen and oxygen atoms in total. The van der Waals surface area contributed by atoms with Crippen molar-refractivity contribution in [3.05, 3.63) is 76.7 Å². The zero-order valence-corrected chi connectivity index (χ0v) is 23.1. The number of nitrogens with zero attached hydrogens (tertiary/aromatic N) is 4. The summed E-state index contributed by atoms with van der Waals surface area (Å²) in [6.07, 6.45) is 5.41. The summed E-state index contributed by atoms with van der Waals surface area (Å²) in [7, 11) is -1.85. The molecule has 2 aliphatic rings. The molecule has 2 aliphatic heterocycles. The van der Waals surface area contributed by atoms with E-state index in [0.717, 1.165) is 53.2 Å². The zero-order chi connectivity index (χ0) is 27.9. The van der Waals surface area contributed by atoms with Crippen molar-refractivity contribution < 1.29 is 22.7 Å². The molecule has 1 aromatic carbocycles. The number of sulfone groups is 1. The highest BCUT2D eigenvalue weighted by atomic mass is 32.2. The first kappa shape index (κ1) is 26.1. The van der Waals surface area contributed by atoms with E-state index in [1.807, 2.05) is 18.2 Å². The maximum Gasteiger partial charge on any atom is 0.251 e. The van der Waals surface area contributed by atoms with Gasteiger partial charge in [-0.25, -0.2) is 18.4 Å². The Bertz CT molecular complexity index is 1740. The molecule has 0 saturated carbocycles. The highest BCUT2D eigenvalue weighted by Crippen LogP contribution is 2.36. The number of methoxy groups -OCH3 is 1. The monoisotopic (exact) mass is 559 g/mol. The highest BCUT2D eigenvalue weighted by molar-refractivity contribution is 7.91. The number of hydrogen-bond donors (Lipinski definition) is 1. The van der Waals surface area contributed by atoms with Crippen molar-refractivity contribution in [3.63, 3.8) is 0 Å². The number of hydrogen-bond acceptors (Lipinski definition) is 9. The lowest BCUT2D eigenvalue weighted by Crippen LogP contribution is -2.27. The summed E-state index contributed by atoms with van der Waals surface area (Å²) >= 11 is 0. The Kier molecular flexibility index (Phi) is 6.85. The minimum absolute atomic E-state index is 0.103. The molecule has 5 heterocycles. The smallest absolute Gasteiger partial charge is 0.251 e. The molecule has 3 aromatic heterocycles. The summed E-state index contributed by atoms with van der Waals surface area (Å²) in [4.78, 5) is 29.3. The van der Waals surface area contributed by atoms with Crippen LogP contribution < -0.4 is 15.0 Å². The number of amides is 1. The zero-order valence-electron chi connectivity index (χ0n) is 22.3. The first-order valence-electron chi connectivity index (χ1n) is 13.1. The van der Waals surface area contributed by atoms with E-state index in [4.69, 9.17) is 14.5 Å². The van der Waals surface area contributed by atoms with Crippen LogP contribution in [-0.4, -0.2) is 55.3 Å². The summed E-state index contributed by atoms with van der Waals surface area (Å²) in [6.45, 7) is 3.37. The number of aromatic nitrogens is 3. The molecule has 0 unspecified atom stereocenters. The highest BCUT2D eigenvalue weighted by Gasteiger charge is 2.25. The van der Waals surface area contributed by atoms with Crippen LogP contribution in [-0.2, 0) is 34.1 Å². The van der Waals surface area contributed by atoms with Gasteiger partial charge in [0.05, 0.1) is 54.9 Å². The van der Waals surface area contributed by atoms with Crippen molar-refractivity contribution in [1.82, 2.24) is 20.3 Å². The van der Waals surface area contributed by atoms with Gasteiger partial charge in [-0.15, -0.1) is 0 Å². The SMILES string of the molecule is COc1cnc2c(c1C)CCCN2c1ccc2cnc(CNC(=O)c3ccc4c(c3)S(=O)(=O)CCOC4)cc2n1. The van der Waals surface area contributed by atoms with Crippen LogP contribution in [0.15, 0.2) is 53.7 Å². The summed E-state index contributed by atoms with van der Waals surface area (Å²) in [5.74, 6) is 1.99. The van der Waals surface area contributed by atoms with E-state index < -0.39 is 9.84 Å². The van der Waals surface area contributed by atoms with E-state index in [2.05, 4.69) is 27.1 Å². The molecule has 0 spiro atoms. The topological polar surface area (TPSA) is 124 Å². The predicted octanol–water partition coefficient (Wildman–Crippen LogP) is 3.66. The minimum atomic E-state index is -3.50. The molecule has 0 bridgehead atoms. The number of anilines is 2. The van der Waals surface area contributed by atoms with E-state index in [9.17, 15) is 13.2 Å². The predicted molar refractivity (Wildman–Crippen MR) is 150 cm³/mol. The number of ether oxygens (including phenoxy) is 2. The van der Waals surface area contributed by atoms with Gasteiger partial charge >= 0.3 is 0 Å². The lowest BCUT2D eigenvalue weighted by molar-refractivity contribution is 0.0950. The third kappa shape index (κ3) is 4.86. The van der Waals surface area contributed by atoms with E-state index in [-0.39, 0.29) is 41.9 Å². The molecule has 11 heteroatoms. The maximum absolute atomic E-state index is 12.9. The first-order chi connectivity index (χ1) is 19.3. The second-order valence-electron chi connectivity index (χ2n) is 9.92. The van der Waals surface area contributed by atoms with E-state index in [1.165, 1.54) is 11.6 Å². The van der Waals surface area contributed by atoms with Crippen molar-refractivity contribution in [1.29, 1.82) is 0 Å². The lowest BCUT2D eigenvalue weighted by atomic mass is 10.00. The van der Waals surface area contributed by atoms with Crippen LogP contribution in [0.5, 0.6) is 5.75 Å². The molecule has 40 heavy (non-hydrogen) atoms. The fourth-order valence-corrected chi connectivity index (χ4v) is 6.61. The van der Waals surface area contributed by atoms with Crippen LogP contribution in [0.25, 0.3) is 10.9 Å². The number of nitrogens with one attached hydrogen (secondary N) is 1. The van der Waals surface area contributed by atoms with Crippen molar-refractivity contribution >= 4 is 38.3 Å². The molecule has 0 atom stereocenters. The number of pyridine rings is 3. The Labute approximate surface area is 232 Å². The molecule has 1 amide bonds. The fraction of sp³-hybridized carbons (Fsp3) is 0.310. The maximum atomic E-state index is 12.9. The summed E-state index contributed by atoms with van der Waals surface area (Å²) in [5.41, 5.74) is 4.50. The third-order valence-corrected chi connectivity index (χ3v) is 9.18. The van der Waals surface area contributed by atoms with Crippen molar-refractivity contribution in [2.75, 3.05) is 30.9 Å². The summed E-state index contributed by atoms with van der Waals surface area (Å²) < 4.78 is 36.0. The average Bonchev–Trinajstić information content (AvgIpc) is 3.12. The van der Waals surface area contributed by atoms with Crippen molar-refractivity contribution in [2.24, 2.45) is 0 Å². The molecule has 206 valence electrons. The molecule has 6 rings (SSSR count). The second-order valence-corrected chi connectivity index (χ2v) is 12.0. The van der Waals surface area contributed by atoms with Gasteiger partial charge in [0, 0.05) is 29.3 Å².